The van der Waals surface area contributed by atoms with Crippen molar-refractivity contribution in [1.82, 2.24) is 5.32 Å². The fourth-order valence-electron chi connectivity index (χ4n) is 1.77. The van der Waals surface area contributed by atoms with E-state index in [9.17, 15) is 8.78 Å². The van der Waals surface area contributed by atoms with E-state index in [-0.39, 0.29) is 11.6 Å². The van der Waals surface area contributed by atoms with Crippen LogP contribution in [0.2, 0.25) is 5.02 Å². The number of halogens is 3. The van der Waals surface area contributed by atoms with E-state index in [2.05, 4.69) is 5.32 Å². The number of benzene rings is 2. The van der Waals surface area contributed by atoms with Crippen LogP contribution in [0.4, 0.5) is 8.78 Å². The maximum absolute atomic E-state index is 13.5. The van der Waals surface area contributed by atoms with Gasteiger partial charge in [0.25, 0.3) is 0 Å². The van der Waals surface area contributed by atoms with Crippen LogP contribution in [0.3, 0.4) is 0 Å². The molecule has 1 nitrogen and oxygen atoms in total. The van der Waals surface area contributed by atoms with E-state index in [0.717, 1.165) is 12.0 Å². The van der Waals surface area contributed by atoms with E-state index >= 15 is 0 Å². The van der Waals surface area contributed by atoms with Crippen LogP contribution in [-0.2, 0) is 13.0 Å². The molecule has 19 heavy (non-hydrogen) atoms. The SMILES string of the molecule is Fc1ccc(CCNCc2ccc(Cl)cc2F)cc1. The largest absolute Gasteiger partial charge is 0.312 e. The van der Waals surface area contributed by atoms with Crippen LogP contribution in [0.1, 0.15) is 11.1 Å². The lowest BCUT2D eigenvalue weighted by atomic mass is 10.1. The quantitative estimate of drug-likeness (QED) is 0.818. The summed E-state index contributed by atoms with van der Waals surface area (Å²) in [7, 11) is 0. The highest BCUT2D eigenvalue weighted by molar-refractivity contribution is 6.30. The topological polar surface area (TPSA) is 12.0 Å². The molecule has 0 bridgehead atoms. The van der Waals surface area contributed by atoms with Gasteiger partial charge in [0.15, 0.2) is 0 Å². The van der Waals surface area contributed by atoms with Crippen molar-refractivity contribution in [2.24, 2.45) is 0 Å². The summed E-state index contributed by atoms with van der Waals surface area (Å²) in [5.74, 6) is -0.540. The van der Waals surface area contributed by atoms with E-state index in [0.29, 0.717) is 23.7 Å². The van der Waals surface area contributed by atoms with Gasteiger partial charge >= 0.3 is 0 Å². The van der Waals surface area contributed by atoms with Gasteiger partial charge in [0, 0.05) is 17.1 Å². The zero-order chi connectivity index (χ0) is 13.7. The molecule has 0 radical (unpaired) electrons. The molecule has 0 aromatic heterocycles. The average Bonchev–Trinajstić information content (AvgIpc) is 2.39. The monoisotopic (exact) mass is 281 g/mol. The zero-order valence-electron chi connectivity index (χ0n) is 10.3. The highest BCUT2D eigenvalue weighted by Crippen LogP contribution is 2.14. The molecule has 2 rings (SSSR count). The van der Waals surface area contributed by atoms with Crippen molar-refractivity contribution >= 4 is 11.6 Å². The molecule has 0 aliphatic carbocycles. The molecule has 1 N–H and O–H groups in total. The van der Waals surface area contributed by atoms with Crippen molar-refractivity contribution in [2.75, 3.05) is 6.54 Å². The maximum atomic E-state index is 13.5. The Morgan fingerprint density at radius 2 is 1.74 bits per heavy atom. The van der Waals surface area contributed by atoms with E-state index in [1.54, 1.807) is 24.3 Å². The third-order valence-corrected chi connectivity index (χ3v) is 3.07. The third-order valence-electron chi connectivity index (χ3n) is 2.83. The molecule has 100 valence electrons. The van der Waals surface area contributed by atoms with Crippen molar-refractivity contribution in [3.05, 3.63) is 70.2 Å². The van der Waals surface area contributed by atoms with Crippen LogP contribution < -0.4 is 5.32 Å². The molecular formula is C15H14ClF2N. The van der Waals surface area contributed by atoms with E-state index in [1.807, 2.05) is 0 Å². The van der Waals surface area contributed by atoms with Gasteiger partial charge in [-0.15, -0.1) is 0 Å². The summed E-state index contributed by atoms with van der Waals surface area (Å²) in [6.07, 6.45) is 0.773. The Balaban J connectivity index is 1.79. The van der Waals surface area contributed by atoms with Crippen molar-refractivity contribution in [2.45, 2.75) is 13.0 Å². The fraction of sp³-hybridized carbons (Fsp3) is 0.200. The minimum Gasteiger partial charge on any atom is -0.312 e. The molecule has 2 aromatic carbocycles. The Labute approximate surface area is 116 Å². The van der Waals surface area contributed by atoms with E-state index in [1.165, 1.54) is 18.2 Å². The van der Waals surface area contributed by atoms with E-state index in [4.69, 9.17) is 11.6 Å². The molecule has 0 aliphatic rings. The van der Waals surface area contributed by atoms with Crippen LogP contribution in [0, 0.1) is 11.6 Å². The third kappa shape index (κ3) is 4.30. The predicted octanol–water partition coefficient (Wildman–Crippen LogP) is 3.95. The van der Waals surface area contributed by atoms with Crippen LogP contribution in [0.5, 0.6) is 0 Å². The smallest absolute Gasteiger partial charge is 0.129 e. The lowest BCUT2D eigenvalue weighted by Crippen LogP contribution is -2.17. The molecular weight excluding hydrogens is 268 g/mol. The standard InChI is InChI=1S/C15H14ClF2N/c16-13-4-3-12(15(18)9-13)10-19-8-7-11-1-5-14(17)6-2-11/h1-6,9,19H,7-8,10H2. The first-order valence-corrected chi connectivity index (χ1v) is 6.42. The molecule has 0 saturated carbocycles. The number of nitrogens with one attached hydrogen (secondary N) is 1. The molecule has 0 atom stereocenters. The maximum Gasteiger partial charge on any atom is 0.129 e. The Morgan fingerprint density at radius 3 is 2.42 bits per heavy atom. The normalized spacial score (nSPS) is 10.7. The highest BCUT2D eigenvalue weighted by atomic mass is 35.5. The van der Waals surface area contributed by atoms with Crippen molar-refractivity contribution in [1.29, 1.82) is 0 Å². The second-order valence-electron chi connectivity index (χ2n) is 4.29. The predicted molar refractivity (Wildman–Crippen MR) is 73.2 cm³/mol. The van der Waals surface area contributed by atoms with Gasteiger partial charge in [-0.1, -0.05) is 29.8 Å². The Kier molecular flexibility index (Phi) is 4.88. The van der Waals surface area contributed by atoms with Crippen molar-refractivity contribution in [3.8, 4) is 0 Å². The van der Waals surface area contributed by atoms with Crippen LogP contribution in [0.25, 0.3) is 0 Å². The molecule has 0 spiro atoms. The fourth-order valence-corrected chi connectivity index (χ4v) is 1.93. The first kappa shape index (κ1) is 14.0. The second-order valence-corrected chi connectivity index (χ2v) is 4.73. The highest BCUT2D eigenvalue weighted by Gasteiger charge is 2.02. The first-order chi connectivity index (χ1) is 9.15. The van der Waals surface area contributed by atoms with Crippen LogP contribution in [-0.4, -0.2) is 6.54 Å². The molecule has 0 fully saturated rings. The summed E-state index contributed by atoms with van der Waals surface area (Å²) in [5.41, 5.74) is 1.63. The molecule has 0 amide bonds. The van der Waals surface area contributed by atoms with Gasteiger partial charge in [-0.3, -0.25) is 0 Å². The summed E-state index contributed by atoms with van der Waals surface area (Å²) < 4.78 is 26.2. The Hall–Kier alpha value is -1.45. The first-order valence-electron chi connectivity index (χ1n) is 6.04. The zero-order valence-corrected chi connectivity index (χ0v) is 11.1. The number of hydrogen-bond acceptors (Lipinski definition) is 1. The average molecular weight is 282 g/mol. The van der Waals surface area contributed by atoms with Gasteiger partial charge in [0.2, 0.25) is 0 Å². The summed E-state index contributed by atoms with van der Waals surface area (Å²) in [4.78, 5) is 0. The van der Waals surface area contributed by atoms with Gasteiger partial charge in [0.1, 0.15) is 11.6 Å². The number of rotatable bonds is 5. The molecule has 2 aromatic rings. The number of hydrogen-bond donors (Lipinski definition) is 1. The van der Waals surface area contributed by atoms with Crippen molar-refractivity contribution in [3.63, 3.8) is 0 Å². The summed E-state index contributed by atoms with van der Waals surface area (Å²) in [5, 5.41) is 3.54. The van der Waals surface area contributed by atoms with Gasteiger partial charge in [-0.25, -0.2) is 8.78 Å². The Bertz CT molecular complexity index is 540. The van der Waals surface area contributed by atoms with Crippen LogP contribution in [0.15, 0.2) is 42.5 Å². The van der Waals surface area contributed by atoms with Gasteiger partial charge in [-0.2, -0.15) is 0 Å². The van der Waals surface area contributed by atoms with E-state index < -0.39 is 0 Å². The second kappa shape index (κ2) is 6.64. The van der Waals surface area contributed by atoms with Crippen molar-refractivity contribution < 1.29 is 8.78 Å². The molecule has 0 heterocycles. The molecule has 0 saturated heterocycles. The molecule has 4 heteroatoms. The summed E-state index contributed by atoms with van der Waals surface area (Å²) in [6.45, 7) is 1.15. The minimum absolute atomic E-state index is 0.236. The minimum atomic E-state index is -0.304. The lowest BCUT2D eigenvalue weighted by molar-refractivity contribution is 0.588. The summed E-state index contributed by atoms with van der Waals surface area (Å²) in [6, 6.07) is 11.0. The van der Waals surface area contributed by atoms with Gasteiger partial charge in [-0.05, 0) is 42.8 Å². The van der Waals surface area contributed by atoms with Gasteiger partial charge < -0.3 is 5.32 Å². The van der Waals surface area contributed by atoms with Crippen LogP contribution >= 0.6 is 11.6 Å². The summed E-state index contributed by atoms with van der Waals surface area (Å²) >= 11 is 5.68. The van der Waals surface area contributed by atoms with Gasteiger partial charge in [0.05, 0.1) is 0 Å². The molecule has 0 unspecified atom stereocenters. The Morgan fingerprint density at radius 1 is 1.00 bits per heavy atom. The molecule has 0 aliphatic heterocycles. The lowest BCUT2D eigenvalue weighted by Gasteiger charge is -2.06.